The van der Waals surface area contributed by atoms with Crippen molar-refractivity contribution >= 4 is 11.8 Å². The van der Waals surface area contributed by atoms with E-state index in [4.69, 9.17) is 5.26 Å². The molecule has 2 amide bonds. The van der Waals surface area contributed by atoms with Crippen molar-refractivity contribution in [1.29, 1.82) is 5.26 Å². The number of aryl methyl sites for hydroxylation is 1. The number of hydrogen-bond donors (Lipinski definition) is 2. The molecule has 1 fully saturated rings. The molecule has 1 aliphatic carbocycles. The Morgan fingerprint density at radius 1 is 1.26 bits per heavy atom. The summed E-state index contributed by atoms with van der Waals surface area (Å²) in [7, 11) is 1.92. The standard InChI is InChI=1S/C20H23N5O2/c1-25-13-22-12-18(25)14-6-8-15(9-7-14)19(26)24-17-5-3-2-4-16(17)20(27)23-11-10-21/h6-9,12-13,16-17H,2-5,11H2,1H3,(H,23,27)(H,24,26)/t16-,17+/m1/s1. The molecule has 1 aromatic heterocycles. The van der Waals surface area contributed by atoms with E-state index < -0.39 is 0 Å². The van der Waals surface area contributed by atoms with Crippen molar-refractivity contribution < 1.29 is 9.59 Å². The average Bonchev–Trinajstić information content (AvgIpc) is 3.12. The SMILES string of the molecule is Cn1cncc1-c1ccc(C(=O)N[C@H]2CCCC[C@H]2C(=O)NCC#N)cc1. The van der Waals surface area contributed by atoms with E-state index in [9.17, 15) is 9.59 Å². The van der Waals surface area contributed by atoms with Crippen LogP contribution in [0.5, 0.6) is 0 Å². The highest BCUT2D eigenvalue weighted by Crippen LogP contribution is 2.25. The Morgan fingerprint density at radius 3 is 2.67 bits per heavy atom. The fraction of sp³-hybridized carbons (Fsp3) is 0.400. The number of hydrogen-bond acceptors (Lipinski definition) is 4. The molecule has 2 atom stereocenters. The van der Waals surface area contributed by atoms with Gasteiger partial charge in [0.25, 0.3) is 5.91 Å². The zero-order chi connectivity index (χ0) is 19.2. The predicted octanol–water partition coefficient (Wildman–Crippen LogP) is 2.02. The highest BCUT2D eigenvalue weighted by molar-refractivity contribution is 5.95. The number of benzene rings is 1. The summed E-state index contributed by atoms with van der Waals surface area (Å²) in [6.07, 6.45) is 6.94. The minimum atomic E-state index is -0.287. The van der Waals surface area contributed by atoms with Gasteiger partial charge in [0.05, 0.1) is 30.2 Å². The first-order valence-corrected chi connectivity index (χ1v) is 9.12. The molecule has 7 heteroatoms. The lowest BCUT2D eigenvalue weighted by Gasteiger charge is -2.31. The highest BCUT2D eigenvalue weighted by Gasteiger charge is 2.32. The summed E-state index contributed by atoms with van der Waals surface area (Å²) in [5, 5.41) is 14.3. The van der Waals surface area contributed by atoms with E-state index in [-0.39, 0.29) is 30.3 Å². The van der Waals surface area contributed by atoms with Gasteiger partial charge in [-0.05, 0) is 30.5 Å². The second-order valence-electron chi connectivity index (χ2n) is 6.81. The van der Waals surface area contributed by atoms with Gasteiger partial charge in [0, 0.05) is 18.7 Å². The van der Waals surface area contributed by atoms with Crippen LogP contribution < -0.4 is 10.6 Å². The van der Waals surface area contributed by atoms with E-state index in [1.54, 1.807) is 24.7 Å². The van der Waals surface area contributed by atoms with Gasteiger partial charge >= 0.3 is 0 Å². The number of carbonyl (C=O) groups is 2. The first kappa shape index (κ1) is 18.6. The number of amides is 2. The van der Waals surface area contributed by atoms with Crippen LogP contribution >= 0.6 is 0 Å². The summed E-state index contributed by atoms with van der Waals surface area (Å²) < 4.78 is 1.92. The number of nitrogens with one attached hydrogen (secondary N) is 2. The molecule has 7 nitrogen and oxygen atoms in total. The monoisotopic (exact) mass is 365 g/mol. The average molecular weight is 365 g/mol. The molecule has 0 saturated heterocycles. The van der Waals surface area contributed by atoms with Crippen molar-refractivity contribution in [3.8, 4) is 17.3 Å². The second kappa shape index (κ2) is 8.49. The third kappa shape index (κ3) is 4.34. The van der Waals surface area contributed by atoms with Gasteiger partial charge in [-0.1, -0.05) is 25.0 Å². The minimum Gasteiger partial charge on any atom is -0.349 e. The van der Waals surface area contributed by atoms with Crippen molar-refractivity contribution in [2.45, 2.75) is 31.7 Å². The van der Waals surface area contributed by atoms with Gasteiger partial charge in [-0.3, -0.25) is 9.59 Å². The van der Waals surface area contributed by atoms with Gasteiger partial charge in [-0.25, -0.2) is 4.98 Å². The lowest BCUT2D eigenvalue weighted by atomic mass is 9.83. The van der Waals surface area contributed by atoms with Crippen LogP contribution in [-0.2, 0) is 11.8 Å². The topological polar surface area (TPSA) is 99.8 Å². The number of nitrogens with zero attached hydrogens (tertiary/aromatic N) is 3. The maximum Gasteiger partial charge on any atom is 0.251 e. The van der Waals surface area contributed by atoms with Crippen LogP contribution in [0.25, 0.3) is 11.3 Å². The van der Waals surface area contributed by atoms with Crippen LogP contribution in [-0.4, -0.2) is 34.0 Å². The third-order valence-corrected chi connectivity index (χ3v) is 5.02. The lowest BCUT2D eigenvalue weighted by molar-refractivity contribution is -0.126. The Bertz CT molecular complexity index is 850. The van der Waals surface area contributed by atoms with E-state index in [0.29, 0.717) is 5.56 Å². The van der Waals surface area contributed by atoms with E-state index in [1.165, 1.54) is 0 Å². The number of imidazole rings is 1. The molecule has 140 valence electrons. The van der Waals surface area contributed by atoms with Gasteiger partial charge in [0.15, 0.2) is 0 Å². The van der Waals surface area contributed by atoms with Crippen molar-refractivity contribution in [2.75, 3.05) is 6.54 Å². The summed E-state index contributed by atoms with van der Waals surface area (Å²) >= 11 is 0. The molecular formula is C20H23N5O2. The minimum absolute atomic E-state index is 0.00846. The zero-order valence-corrected chi connectivity index (χ0v) is 15.3. The third-order valence-electron chi connectivity index (χ3n) is 5.02. The molecule has 2 N–H and O–H groups in total. The Hall–Kier alpha value is -3.14. The Balaban J connectivity index is 1.67. The molecule has 3 rings (SSSR count). The largest absolute Gasteiger partial charge is 0.349 e. The van der Waals surface area contributed by atoms with E-state index in [1.807, 2.05) is 29.8 Å². The normalized spacial score (nSPS) is 19.1. The van der Waals surface area contributed by atoms with Crippen molar-refractivity contribution in [3.63, 3.8) is 0 Å². The molecular weight excluding hydrogens is 342 g/mol. The van der Waals surface area contributed by atoms with Crippen molar-refractivity contribution in [2.24, 2.45) is 13.0 Å². The molecule has 1 aliphatic rings. The summed E-state index contributed by atoms with van der Waals surface area (Å²) in [6.45, 7) is -0.00846. The van der Waals surface area contributed by atoms with Crippen molar-refractivity contribution in [1.82, 2.24) is 20.2 Å². The molecule has 0 radical (unpaired) electrons. The summed E-state index contributed by atoms with van der Waals surface area (Å²) in [5.41, 5.74) is 2.52. The number of carbonyl (C=O) groups excluding carboxylic acids is 2. The van der Waals surface area contributed by atoms with E-state index >= 15 is 0 Å². The zero-order valence-electron chi connectivity index (χ0n) is 15.3. The molecule has 0 spiro atoms. The van der Waals surface area contributed by atoms with Crippen molar-refractivity contribution in [3.05, 3.63) is 42.4 Å². The molecule has 0 aliphatic heterocycles. The van der Waals surface area contributed by atoms with E-state index in [0.717, 1.165) is 36.9 Å². The maximum absolute atomic E-state index is 12.6. The van der Waals surface area contributed by atoms with Gasteiger partial charge in [0.1, 0.15) is 6.54 Å². The number of nitriles is 1. The molecule has 0 unspecified atom stereocenters. The fourth-order valence-corrected chi connectivity index (χ4v) is 3.55. The molecule has 27 heavy (non-hydrogen) atoms. The second-order valence-corrected chi connectivity index (χ2v) is 6.81. The van der Waals surface area contributed by atoms with Gasteiger partial charge < -0.3 is 15.2 Å². The maximum atomic E-state index is 12.6. The Morgan fingerprint density at radius 2 is 2.00 bits per heavy atom. The first-order valence-electron chi connectivity index (χ1n) is 9.12. The molecule has 1 aromatic carbocycles. The van der Waals surface area contributed by atoms with Gasteiger partial charge in [0.2, 0.25) is 5.91 Å². The van der Waals surface area contributed by atoms with Crippen LogP contribution in [0.4, 0.5) is 0 Å². The van der Waals surface area contributed by atoms with E-state index in [2.05, 4.69) is 15.6 Å². The summed E-state index contributed by atoms with van der Waals surface area (Å²) in [5.74, 6) is -0.630. The Labute approximate surface area is 158 Å². The quantitative estimate of drug-likeness (QED) is 0.792. The van der Waals surface area contributed by atoms with Gasteiger partial charge in [-0.15, -0.1) is 0 Å². The lowest BCUT2D eigenvalue weighted by Crippen LogP contribution is -2.48. The van der Waals surface area contributed by atoms with Crippen LogP contribution in [0, 0.1) is 17.2 Å². The van der Waals surface area contributed by atoms with Crippen LogP contribution in [0.2, 0.25) is 0 Å². The Kier molecular flexibility index (Phi) is 5.87. The fourth-order valence-electron chi connectivity index (χ4n) is 3.55. The number of aromatic nitrogens is 2. The predicted molar refractivity (Wildman–Crippen MR) is 100 cm³/mol. The summed E-state index contributed by atoms with van der Waals surface area (Å²) in [4.78, 5) is 29.0. The van der Waals surface area contributed by atoms with Crippen LogP contribution in [0.3, 0.4) is 0 Å². The van der Waals surface area contributed by atoms with Crippen LogP contribution in [0.15, 0.2) is 36.8 Å². The highest BCUT2D eigenvalue weighted by atomic mass is 16.2. The van der Waals surface area contributed by atoms with Gasteiger partial charge in [-0.2, -0.15) is 5.26 Å². The molecule has 1 heterocycles. The smallest absolute Gasteiger partial charge is 0.251 e. The van der Waals surface area contributed by atoms with Crippen LogP contribution in [0.1, 0.15) is 36.0 Å². The first-order chi connectivity index (χ1) is 13.1. The molecule has 2 aromatic rings. The molecule has 1 saturated carbocycles. The summed E-state index contributed by atoms with van der Waals surface area (Å²) in [6, 6.07) is 9.06. The number of rotatable bonds is 5. The molecule has 0 bridgehead atoms.